The van der Waals surface area contributed by atoms with Crippen molar-refractivity contribution in [2.24, 2.45) is 0 Å². The van der Waals surface area contributed by atoms with Crippen LogP contribution in [0, 0.1) is 0 Å². The van der Waals surface area contributed by atoms with Gasteiger partial charge in [-0.25, -0.2) is 4.98 Å². The maximum absolute atomic E-state index is 12.3. The number of benzene rings is 2. The number of fused-ring (bicyclic) bond motifs is 1. The molecule has 0 spiro atoms. The van der Waals surface area contributed by atoms with Crippen LogP contribution in [-0.2, 0) is 12.8 Å². The predicted molar refractivity (Wildman–Crippen MR) is 104 cm³/mol. The Labute approximate surface area is 155 Å². The van der Waals surface area contributed by atoms with Crippen LogP contribution in [0.15, 0.2) is 47.8 Å². The van der Waals surface area contributed by atoms with Gasteiger partial charge in [-0.05, 0) is 55.0 Å². The highest BCUT2D eigenvalue weighted by Gasteiger charge is 2.14. The van der Waals surface area contributed by atoms with Gasteiger partial charge in [-0.2, -0.15) is 0 Å². The van der Waals surface area contributed by atoms with Crippen LogP contribution < -0.4 is 5.32 Å². The number of halogens is 1. The van der Waals surface area contributed by atoms with Gasteiger partial charge in [0.1, 0.15) is 0 Å². The van der Waals surface area contributed by atoms with Crippen molar-refractivity contribution in [2.45, 2.75) is 25.7 Å². The topological polar surface area (TPSA) is 42.0 Å². The minimum atomic E-state index is -0.239. The number of anilines is 1. The van der Waals surface area contributed by atoms with Gasteiger partial charge in [-0.3, -0.25) is 10.1 Å². The molecule has 126 valence electrons. The minimum Gasteiger partial charge on any atom is -0.298 e. The second kappa shape index (κ2) is 6.98. The molecule has 0 bridgehead atoms. The van der Waals surface area contributed by atoms with Gasteiger partial charge >= 0.3 is 0 Å². The molecule has 1 heterocycles. The van der Waals surface area contributed by atoms with Crippen LogP contribution >= 0.6 is 22.9 Å². The van der Waals surface area contributed by atoms with Crippen molar-refractivity contribution in [2.75, 3.05) is 5.32 Å². The highest BCUT2D eigenvalue weighted by molar-refractivity contribution is 7.14. The summed E-state index contributed by atoms with van der Waals surface area (Å²) in [7, 11) is 0. The molecule has 0 radical (unpaired) electrons. The molecule has 0 atom stereocenters. The van der Waals surface area contributed by atoms with Gasteiger partial charge in [0.15, 0.2) is 5.13 Å². The van der Waals surface area contributed by atoms with Gasteiger partial charge in [0.2, 0.25) is 0 Å². The van der Waals surface area contributed by atoms with E-state index in [0.29, 0.717) is 15.7 Å². The fourth-order valence-electron chi connectivity index (χ4n) is 3.17. The zero-order chi connectivity index (χ0) is 17.2. The number of rotatable bonds is 3. The summed E-state index contributed by atoms with van der Waals surface area (Å²) in [5.41, 5.74) is 5.34. The van der Waals surface area contributed by atoms with E-state index in [-0.39, 0.29) is 5.91 Å². The highest BCUT2D eigenvalue weighted by Crippen LogP contribution is 2.30. The number of nitrogens with one attached hydrogen (secondary N) is 1. The summed E-state index contributed by atoms with van der Waals surface area (Å²) >= 11 is 7.50. The lowest BCUT2D eigenvalue weighted by Crippen LogP contribution is -2.12. The number of hydrogen-bond donors (Lipinski definition) is 1. The lowest BCUT2D eigenvalue weighted by Gasteiger charge is -2.16. The first-order valence-electron chi connectivity index (χ1n) is 8.34. The monoisotopic (exact) mass is 368 g/mol. The van der Waals surface area contributed by atoms with Crippen LogP contribution in [0.4, 0.5) is 5.13 Å². The fourth-order valence-corrected chi connectivity index (χ4v) is 4.10. The number of carbonyl (C=O) groups is 1. The van der Waals surface area contributed by atoms with E-state index in [4.69, 9.17) is 11.6 Å². The molecule has 1 aromatic heterocycles. The second-order valence-electron chi connectivity index (χ2n) is 6.16. The van der Waals surface area contributed by atoms with Crippen molar-refractivity contribution >= 4 is 34.0 Å². The van der Waals surface area contributed by atoms with E-state index in [9.17, 15) is 4.79 Å². The molecule has 1 N–H and O–H groups in total. The molecular weight excluding hydrogens is 352 g/mol. The highest BCUT2D eigenvalue weighted by atomic mass is 35.5. The summed E-state index contributed by atoms with van der Waals surface area (Å²) < 4.78 is 0. The summed E-state index contributed by atoms with van der Waals surface area (Å²) in [4.78, 5) is 16.9. The SMILES string of the molecule is O=C(Nc1nc(-c2ccc3c(c2)CCCC3)cs1)c1ccccc1Cl. The van der Waals surface area contributed by atoms with Crippen molar-refractivity contribution < 1.29 is 4.79 Å². The molecule has 3 nitrogen and oxygen atoms in total. The molecule has 5 heteroatoms. The maximum Gasteiger partial charge on any atom is 0.258 e. The van der Waals surface area contributed by atoms with Crippen molar-refractivity contribution in [1.29, 1.82) is 0 Å². The lowest BCUT2D eigenvalue weighted by atomic mass is 9.90. The van der Waals surface area contributed by atoms with Crippen LogP contribution in [-0.4, -0.2) is 10.9 Å². The van der Waals surface area contributed by atoms with Gasteiger partial charge in [0.05, 0.1) is 16.3 Å². The number of hydrogen-bond acceptors (Lipinski definition) is 3. The molecule has 4 rings (SSSR count). The van der Waals surface area contributed by atoms with E-state index < -0.39 is 0 Å². The maximum atomic E-state index is 12.3. The Kier molecular flexibility index (Phi) is 4.55. The standard InChI is InChI=1S/C20H17ClN2OS/c21-17-8-4-3-7-16(17)19(24)23-20-22-18(12-25-20)15-10-9-13-5-1-2-6-14(13)11-15/h3-4,7-12H,1-2,5-6H2,(H,22,23,24). The fraction of sp³-hybridized carbons (Fsp3) is 0.200. The molecule has 3 aromatic rings. The van der Waals surface area contributed by atoms with Crippen LogP contribution in [0.2, 0.25) is 5.02 Å². The third-order valence-electron chi connectivity index (χ3n) is 4.49. The third kappa shape index (κ3) is 3.46. The number of amides is 1. The average Bonchev–Trinajstić information content (AvgIpc) is 3.10. The largest absolute Gasteiger partial charge is 0.298 e. The van der Waals surface area contributed by atoms with Gasteiger partial charge in [-0.15, -0.1) is 11.3 Å². The number of carbonyl (C=O) groups excluding carboxylic acids is 1. The Morgan fingerprint density at radius 3 is 2.72 bits per heavy atom. The molecule has 2 aromatic carbocycles. The summed E-state index contributed by atoms with van der Waals surface area (Å²) in [6.07, 6.45) is 4.85. The first-order chi connectivity index (χ1) is 12.2. The average molecular weight is 369 g/mol. The van der Waals surface area contributed by atoms with Gasteiger partial charge in [0.25, 0.3) is 5.91 Å². The summed E-state index contributed by atoms with van der Waals surface area (Å²) in [6, 6.07) is 13.6. The normalized spacial score (nSPS) is 13.3. The third-order valence-corrected chi connectivity index (χ3v) is 5.57. The summed E-state index contributed by atoms with van der Waals surface area (Å²) in [5.74, 6) is -0.239. The molecule has 1 amide bonds. The van der Waals surface area contributed by atoms with Gasteiger partial charge < -0.3 is 0 Å². The molecular formula is C20H17ClN2OS. The van der Waals surface area contributed by atoms with Crippen LogP contribution in [0.1, 0.15) is 34.3 Å². The molecule has 1 aliphatic rings. The molecule has 25 heavy (non-hydrogen) atoms. The second-order valence-corrected chi connectivity index (χ2v) is 7.43. The first-order valence-corrected chi connectivity index (χ1v) is 9.60. The van der Waals surface area contributed by atoms with Gasteiger partial charge in [0, 0.05) is 10.9 Å². The van der Waals surface area contributed by atoms with E-state index in [1.54, 1.807) is 24.3 Å². The van der Waals surface area contributed by atoms with Crippen molar-refractivity contribution in [3.8, 4) is 11.3 Å². The zero-order valence-corrected chi connectivity index (χ0v) is 15.2. The zero-order valence-electron chi connectivity index (χ0n) is 13.6. The van der Waals surface area contributed by atoms with E-state index in [1.807, 2.05) is 5.38 Å². The summed E-state index contributed by atoms with van der Waals surface area (Å²) in [6.45, 7) is 0. The van der Waals surface area contributed by atoms with E-state index in [0.717, 1.165) is 17.7 Å². The Bertz CT molecular complexity index is 935. The predicted octanol–water partition coefficient (Wildman–Crippen LogP) is 5.59. The van der Waals surface area contributed by atoms with Crippen LogP contribution in [0.5, 0.6) is 0 Å². The molecule has 0 fully saturated rings. The number of nitrogens with zero attached hydrogens (tertiary/aromatic N) is 1. The van der Waals surface area contributed by atoms with Gasteiger partial charge in [-0.1, -0.05) is 35.9 Å². The smallest absolute Gasteiger partial charge is 0.258 e. The Morgan fingerprint density at radius 2 is 1.88 bits per heavy atom. The number of aromatic nitrogens is 1. The molecule has 0 aliphatic heterocycles. The van der Waals surface area contributed by atoms with Crippen LogP contribution in [0.25, 0.3) is 11.3 Å². The number of aryl methyl sites for hydroxylation is 2. The van der Waals surface area contributed by atoms with Crippen LogP contribution in [0.3, 0.4) is 0 Å². The van der Waals surface area contributed by atoms with E-state index in [2.05, 4.69) is 28.5 Å². The molecule has 0 saturated carbocycles. The van der Waals surface area contributed by atoms with Crippen molar-refractivity contribution in [1.82, 2.24) is 4.98 Å². The Hall–Kier alpha value is -2.17. The Balaban J connectivity index is 1.54. The molecule has 0 saturated heterocycles. The van der Waals surface area contributed by atoms with Crippen molar-refractivity contribution in [3.05, 3.63) is 69.6 Å². The van der Waals surface area contributed by atoms with E-state index >= 15 is 0 Å². The van der Waals surface area contributed by atoms with E-state index in [1.165, 1.54) is 41.7 Å². The summed E-state index contributed by atoms with van der Waals surface area (Å²) in [5, 5.41) is 5.83. The minimum absolute atomic E-state index is 0.239. The molecule has 0 unspecified atom stereocenters. The molecule has 1 aliphatic carbocycles. The quantitative estimate of drug-likeness (QED) is 0.654. The first kappa shape index (κ1) is 16.3. The number of thiazole rings is 1. The Morgan fingerprint density at radius 1 is 1.08 bits per heavy atom. The van der Waals surface area contributed by atoms with Crippen molar-refractivity contribution in [3.63, 3.8) is 0 Å². The lowest BCUT2D eigenvalue weighted by molar-refractivity contribution is 0.102.